The Morgan fingerprint density at radius 1 is 1.27 bits per heavy atom. The van der Waals surface area contributed by atoms with Crippen molar-refractivity contribution in [1.82, 2.24) is 4.98 Å². The molecule has 5 heteroatoms. The van der Waals surface area contributed by atoms with Crippen molar-refractivity contribution in [1.29, 1.82) is 0 Å². The van der Waals surface area contributed by atoms with Gasteiger partial charge in [0, 0.05) is 16.9 Å². The molecule has 2 rings (SSSR count). The van der Waals surface area contributed by atoms with Crippen molar-refractivity contribution < 1.29 is 10.0 Å². The molecule has 1 saturated carbocycles. The zero-order chi connectivity index (χ0) is 10.7. The van der Waals surface area contributed by atoms with E-state index in [1.165, 1.54) is 31.9 Å². The molecule has 0 unspecified atom stereocenters. The van der Waals surface area contributed by atoms with Crippen LogP contribution in [0.5, 0.6) is 0 Å². The van der Waals surface area contributed by atoms with Crippen molar-refractivity contribution >= 4 is 24.3 Å². The second kappa shape index (κ2) is 5.01. The summed E-state index contributed by atoms with van der Waals surface area (Å²) in [6.45, 7) is 0. The van der Waals surface area contributed by atoms with Gasteiger partial charge in [-0.15, -0.1) is 11.8 Å². The lowest BCUT2D eigenvalue weighted by molar-refractivity contribution is 0.425. The van der Waals surface area contributed by atoms with Gasteiger partial charge in [0.2, 0.25) is 0 Å². The van der Waals surface area contributed by atoms with E-state index >= 15 is 0 Å². The lowest BCUT2D eigenvalue weighted by atomic mass is 9.82. The molecule has 0 saturated heterocycles. The summed E-state index contributed by atoms with van der Waals surface area (Å²) in [5.74, 6) is 0. The van der Waals surface area contributed by atoms with E-state index in [0.29, 0.717) is 10.7 Å². The summed E-state index contributed by atoms with van der Waals surface area (Å²) < 4.78 is 0. The maximum atomic E-state index is 8.91. The smallest absolute Gasteiger partial charge is 0.423 e. The van der Waals surface area contributed by atoms with Crippen LogP contribution >= 0.6 is 11.8 Å². The van der Waals surface area contributed by atoms with Gasteiger partial charge in [-0.3, -0.25) is 4.98 Å². The summed E-state index contributed by atoms with van der Waals surface area (Å²) in [6.07, 6.45) is 6.73. The molecule has 1 heterocycles. The first kappa shape index (κ1) is 11.0. The highest BCUT2D eigenvalue weighted by Crippen LogP contribution is 2.33. The van der Waals surface area contributed by atoms with Gasteiger partial charge in [-0.25, -0.2) is 0 Å². The Hall–Kier alpha value is -0.515. The Morgan fingerprint density at radius 2 is 2.00 bits per heavy atom. The van der Waals surface area contributed by atoms with Crippen molar-refractivity contribution in [3.8, 4) is 0 Å². The van der Waals surface area contributed by atoms with Crippen molar-refractivity contribution in [3.63, 3.8) is 0 Å². The van der Waals surface area contributed by atoms with E-state index in [0.717, 1.165) is 5.03 Å². The summed E-state index contributed by atoms with van der Waals surface area (Å²) in [7, 11) is -1.41. The second-order valence-corrected chi connectivity index (χ2v) is 5.15. The van der Waals surface area contributed by atoms with Crippen LogP contribution in [0.15, 0.2) is 23.4 Å². The summed E-state index contributed by atoms with van der Waals surface area (Å²) in [6, 6.07) is 3.58. The van der Waals surface area contributed by atoms with Gasteiger partial charge in [0.05, 0.1) is 5.03 Å². The van der Waals surface area contributed by atoms with E-state index in [1.807, 2.05) is 6.07 Å². The van der Waals surface area contributed by atoms with Gasteiger partial charge in [-0.1, -0.05) is 18.9 Å². The van der Waals surface area contributed by atoms with Gasteiger partial charge in [-0.2, -0.15) is 0 Å². The first-order valence-electron chi connectivity index (χ1n) is 5.24. The SMILES string of the molecule is OB(O)c1ccc(SC2CCCC2)nc1. The molecule has 0 aromatic carbocycles. The van der Waals surface area contributed by atoms with E-state index in [2.05, 4.69) is 4.98 Å². The first-order valence-corrected chi connectivity index (χ1v) is 6.12. The summed E-state index contributed by atoms with van der Waals surface area (Å²) in [4.78, 5) is 4.21. The number of rotatable bonds is 3. The van der Waals surface area contributed by atoms with Crippen LogP contribution in [0.3, 0.4) is 0 Å². The van der Waals surface area contributed by atoms with Gasteiger partial charge < -0.3 is 10.0 Å². The Labute approximate surface area is 94.1 Å². The predicted octanol–water partition coefficient (Wildman–Crippen LogP) is 0.796. The number of nitrogens with zero attached hydrogens (tertiary/aromatic N) is 1. The van der Waals surface area contributed by atoms with Crippen LogP contribution in [0.4, 0.5) is 0 Å². The van der Waals surface area contributed by atoms with Gasteiger partial charge >= 0.3 is 7.12 Å². The van der Waals surface area contributed by atoms with E-state index < -0.39 is 7.12 Å². The largest absolute Gasteiger partial charge is 0.490 e. The molecule has 2 N–H and O–H groups in total. The fourth-order valence-corrected chi connectivity index (χ4v) is 2.96. The molecule has 1 fully saturated rings. The number of aromatic nitrogens is 1. The molecule has 1 aromatic heterocycles. The third-order valence-electron chi connectivity index (χ3n) is 2.65. The van der Waals surface area contributed by atoms with Crippen LogP contribution in [0.2, 0.25) is 0 Å². The van der Waals surface area contributed by atoms with E-state index in [-0.39, 0.29) is 0 Å². The van der Waals surface area contributed by atoms with E-state index in [9.17, 15) is 0 Å². The normalized spacial score (nSPS) is 16.9. The first-order chi connectivity index (χ1) is 7.25. The minimum atomic E-state index is -1.41. The molecule has 0 amide bonds. The maximum absolute atomic E-state index is 8.91. The van der Waals surface area contributed by atoms with Crippen LogP contribution in [-0.4, -0.2) is 27.4 Å². The highest BCUT2D eigenvalue weighted by atomic mass is 32.2. The fraction of sp³-hybridized carbons (Fsp3) is 0.500. The van der Waals surface area contributed by atoms with Crippen LogP contribution in [0.1, 0.15) is 25.7 Å². The number of hydrogen-bond donors (Lipinski definition) is 2. The topological polar surface area (TPSA) is 53.4 Å². The minimum absolute atomic E-state index is 0.450. The molecule has 15 heavy (non-hydrogen) atoms. The minimum Gasteiger partial charge on any atom is -0.423 e. The molecule has 0 radical (unpaired) electrons. The van der Waals surface area contributed by atoms with Crippen molar-refractivity contribution in [3.05, 3.63) is 18.3 Å². The van der Waals surface area contributed by atoms with Gasteiger partial charge in [0.15, 0.2) is 0 Å². The van der Waals surface area contributed by atoms with Crippen molar-refractivity contribution in [2.45, 2.75) is 36.0 Å². The van der Waals surface area contributed by atoms with Crippen LogP contribution in [0.25, 0.3) is 0 Å². The van der Waals surface area contributed by atoms with Crippen molar-refractivity contribution in [2.75, 3.05) is 0 Å². The van der Waals surface area contributed by atoms with Gasteiger partial charge in [0.1, 0.15) is 0 Å². The van der Waals surface area contributed by atoms with Crippen LogP contribution < -0.4 is 5.46 Å². The Bertz CT molecular complexity index is 312. The quantitative estimate of drug-likeness (QED) is 0.744. The number of hydrogen-bond acceptors (Lipinski definition) is 4. The molecule has 0 atom stereocenters. The average Bonchev–Trinajstić information content (AvgIpc) is 2.71. The molecule has 3 nitrogen and oxygen atoms in total. The van der Waals surface area contributed by atoms with Gasteiger partial charge in [0.25, 0.3) is 0 Å². The fourth-order valence-electron chi connectivity index (χ4n) is 1.79. The third-order valence-corrected chi connectivity index (χ3v) is 3.93. The molecule has 0 aliphatic heterocycles. The molecule has 1 aliphatic rings. The Kier molecular flexibility index (Phi) is 3.67. The zero-order valence-corrected chi connectivity index (χ0v) is 9.28. The monoisotopic (exact) mass is 223 g/mol. The number of thioether (sulfide) groups is 1. The molecule has 0 spiro atoms. The average molecular weight is 223 g/mol. The van der Waals surface area contributed by atoms with Crippen LogP contribution in [0, 0.1) is 0 Å². The molecular weight excluding hydrogens is 209 g/mol. The Balaban J connectivity index is 1.97. The van der Waals surface area contributed by atoms with Gasteiger partial charge in [-0.05, 0) is 18.9 Å². The van der Waals surface area contributed by atoms with Crippen molar-refractivity contribution in [2.24, 2.45) is 0 Å². The standard InChI is InChI=1S/C10H14BNO2S/c13-11(14)8-5-6-10(12-7-8)15-9-3-1-2-4-9/h5-7,9,13-14H,1-4H2. The summed E-state index contributed by atoms with van der Waals surface area (Å²) in [5, 5.41) is 19.5. The van der Waals surface area contributed by atoms with E-state index in [4.69, 9.17) is 10.0 Å². The lowest BCUT2D eigenvalue weighted by Gasteiger charge is -2.07. The van der Waals surface area contributed by atoms with Crippen LogP contribution in [-0.2, 0) is 0 Å². The Morgan fingerprint density at radius 3 is 2.53 bits per heavy atom. The van der Waals surface area contributed by atoms with E-state index in [1.54, 1.807) is 17.8 Å². The number of pyridine rings is 1. The second-order valence-electron chi connectivity index (χ2n) is 3.83. The lowest BCUT2D eigenvalue weighted by Crippen LogP contribution is -2.29. The zero-order valence-electron chi connectivity index (χ0n) is 8.47. The molecule has 80 valence electrons. The predicted molar refractivity (Wildman–Crippen MR) is 62.2 cm³/mol. The molecule has 1 aliphatic carbocycles. The highest BCUT2D eigenvalue weighted by molar-refractivity contribution is 7.99. The molecule has 1 aromatic rings. The highest BCUT2D eigenvalue weighted by Gasteiger charge is 2.17. The summed E-state index contributed by atoms with van der Waals surface area (Å²) >= 11 is 1.80. The third kappa shape index (κ3) is 2.97. The molecular formula is C10H14BNO2S. The summed E-state index contributed by atoms with van der Waals surface area (Å²) in [5.41, 5.74) is 0.450. The maximum Gasteiger partial charge on any atom is 0.490 e. The molecule has 0 bridgehead atoms.